The number of hydrogen-bond acceptors (Lipinski definition) is 4. The van der Waals surface area contributed by atoms with Gasteiger partial charge in [0.1, 0.15) is 5.52 Å². The fourth-order valence-electron chi connectivity index (χ4n) is 1.58. The average molecular weight is 299 g/mol. The Kier molecular flexibility index (Phi) is 13.7. The predicted molar refractivity (Wildman–Crippen MR) is 91.6 cm³/mol. The summed E-state index contributed by atoms with van der Waals surface area (Å²) in [6.45, 7) is 14.4. The maximum Gasteiger partial charge on any atom is 0.107 e. The van der Waals surface area contributed by atoms with E-state index < -0.39 is 0 Å². The fraction of sp³-hybridized carbons (Fsp3) is 0.600. The Balaban J connectivity index is 0. The SMILES string of the molecule is CC.CC.CCc1cc2c(cn1)ncn2C(C)C.OS. The molecule has 0 fully saturated rings. The van der Waals surface area contributed by atoms with Crippen LogP contribution in [0, 0.1) is 0 Å². The Morgan fingerprint density at radius 1 is 1.15 bits per heavy atom. The van der Waals surface area contributed by atoms with Gasteiger partial charge < -0.3 is 9.12 Å². The zero-order chi connectivity index (χ0) is 16.1. The molecule has 0 amide bonds. The van der Waals surface area contributed by atoms with Crippen LogP contribution in [0.15, 0.2) is 18.6 Å². The number of hydrogen-bond donors (Lipinski definition) is 2. The number of imidazole rings is 1. The van der Waals surface area contributed by atoms with Gasteiger partial charge in [-0.1, -0.05) is 34.6 Å². The number of aromatic nitrogens is 3. The first-order valence-electron chi connectivity index (χ1n) is 7.24. The maximum atomic E-state index is 6.69. The van der Waals surface area contributed by atoms with Crippen molar-refractivity contribution >= 4 is 23.9 Å². The predicted octanol–water partition coefficient (Wildman–Crippen LogP) is 5.02. The summed E-state index contributed by atoms with van der Waals surface area (Å²) in [6.07, 6.45) is 4.71. The molecular weight excluding hydrogens is 270 g/mol. The number of fused-ring (bicyclic) bond motifs is 1. The molecule has 1 N–H and O–H groups in total. The number of rotatable bonds is 2. The second-order valence-corrected chi connectivity index (χ2v) is 3.76. The highest BCUT2D eigenvalue weighted by Crippen LogP contribution is 2.17. The van der Waals surface area contributed by atoms with Gasteiger partial charge in [-0.05, 0) is 39.2 Å². The highest BCUT2D eigenvalue weighted by molar-refractivity contribution is 7.74. The second kappa shape index (κ2) is 12.9. The third-order valence-corrected chi connectivity index (χ3v) is 2.44. The maximum absolute atomic E-state index is 6.69. The first-order chi connectivity index (χ1) is 9.72. The standard InChI is InChI=1S/C11H15N3.2C2H6.H2OS/c1-4-9-5-11-10(6-12-9)13-7-14(11)8(2)3;3*1-2/h5-8H,4H2,1-3H3;2*1-2H3;1-2H. The van der Waals surface area contributed by atoms with Crippen molar-refractivity contribution < 1.29 is 4.55 Å². The molecule has 0 spiro atoms. The van der Waals surface area contributed by atoms with Crippen LogP contribution in [-0.2, 0) is 6.42 Å². The van der Waals surface area contributed by atoms with E-state index >= 15 is 0 Å². The van der Waals surface area contributed by atoms with Gasteiger partial charge in [0.15, 0.2) is 0 Å². The van der Waals surface area contributed by atoms with Crippen molar-refractivity contribution in [1.29, 1.82) is 0 Å². The lowest BCUT2D eigenvalue weighted by Gasteiger charge is -2.07. The third kappa shape index (κ3) is 5.92. The van der Waals surface area contributed by atoms with Gasteiger partial charge in [0.25, 0.3) is 0 Å². The third-order valence-electron chi connectivity index (χ3n) is 2.44. The molecular formula is C15H29N3OS. The molecule has 5 heteroatoms. The number of nitrogens with zero attached hydrogens (tertiary/aromatic N) is 3. The number of aryl methyl sites for hydroxylation is 1. The molecule has 2 rings (SSSR count). The van der Waals surface area contributed by atoms with E-state index in [0.29, 0.717) is 6.04 Å². The quantitative estimate of drug-likeness (QED) is 0.605. The molecule has 0 radical (unpaired) electrons. The molecule has 2 aromatic rings. The normalized spacial score (nSPS) is 8.90. The summed E-state index contributed by atoms with van der Waals surface area (Å²) in [7, 11) is 0. The minimum Gasteiger partial charge on any atom is -0.333 e. The summed E-state index contributed by atoms with van der Waals surface area (Å²) in [4.78, 5) is 8.64. The minimum atomic E-state index is 0.451. The summed E-state index contributed by atoms with van der Waals surface area (Å²) in [5, 5.41) is 0. The van der Waals surface area contributed by atoms with E-state index in [9.17, 15) is 0 Å². The fourth-order valence-corrected chi connectivity index (χ4v) is 1.58. The zero-order valence-corrected chi connectivity index (χ0v) is 14.6. The average Bonchev–Trinajstić information content (AvgIpc) is 2.96. The molecule has 0 saturated heterocycles. The summed E-state index contributed by atoms with van der Waals surface area (Å²) in [6, 6.07) is 2.58. The molecule has 0 saturated carbocycles. The molecule has 4 nitrogen and oxygen atoms in total. The Morgan fingerprint density at radius 3 is 2.15 bits per heavy atom. The van der Waals surface area contributed by atoms with E-state index in [2.05, 4.69) is 54.3 Å². The first kappa shape index (κ1) is 21.2. The van der Waals surface area contributed by atoms with E-state index in [0.717, 1.165) is 17.6 Å². The molecule has 0 aliphatic rings. The molecule has 0 aliphatic carbocycles. The zero-order valence-electron chi connectivity index (χ0n) is 13.8. The highest BCUT2D eigenvalue weighted by atomic mass is 32.1. The van der Waals surface area contributed by atoms with Crippen LogP contribution in [-0.4, -0.2) is 19.1 Å². The lowest BCUT2D eigenvalue weighted by molar-refractivity contribution is 0.617. The van der Waals surface area contributed by atoms with Crippen LogP contribution in [0.2, 0.25) is 0 Å². The van der Waals surface area contributed by atoms with Crippen LogP contribution in [0.1, 0.15) is 60.2 Å². The lowest BCUT2D eigenvalue weighted by atomic mass is 10.2. The Labute approximate surface area is 128 Å². The van der Waals surface area contributed by atoms with E-state index in [1.165, 1.54) is 5.52 Å². The molecule has 116 valence electrons. The number of pyridine rings is 1. The molecule has 0 aliphatic heterocycles. The van der Waals surface area contributed by atoms with Gasteiger partial charge in [0.2, 0.25) is 0 Å². The van der Waals surface area contributed by atoms with E-state index in [1.54, 1.807) is 0 Å². The topological polar surface area (TPSA) is 50.9 Å². The van der Waals surface area contributed by atoms with Crippen LogP contribution < -0.4 is 0 Å². The van der Waals surface area contributed by atoms with Crippen LogP contribution in [0.25, 0.3) is 11.0 Å². The second-order valence-electron chi connectivity index (χ2n) is 3.76. The smallest absolute Gasteiger partial charge is 0.107 e. The highest BCUT2D eigenvalue weighted by Gasteiger charge is 2.05. The van der Waals surface area contributed by atoms with E-state index in [4.69, 9.17) is 4.55 Å². The van der Waals surface area contributed by atoms with Crippen molar-refractivity contribution in [2.24, 2.45) is 0 Å². The molecule has 0 bridgehead atoms. The molecule has 20 heavy (non-hydrogen) atoms. The van der Waals surface area contributed by atoms with Crippen molar-refractivity contribution in [2.45, 2.75) is 60.9 Å². The number of thiol groups is 1. The Bertz CT molecular complexity index is 455. The van der Waals surface area contributed by atoms with Gasteiger partial charge in [-0.15, -0.1) is 0 Å². The summed E-state index contributed by atoms with van der Waals surface area (Å²) < 4.78 is 8.87. The summed E-state index contributed by atoms with van der Waals surface area (Å²) in [5.74, 6) is 0. The van der Waals surface area contributed by atoms with Gasteiger partial charge in [0.05, 0.1) is 18.0 Å². The van der Waals surface area contributed by atoms with E-state index in [1.807, 2.05) is 40.2 Å². The molecule has 0 unspecified atom stereocenters. The van der Waals surface area contributed by atoms with Crippen molar-refractivity contribution in [1.82, 2.24) is 14.5 Å². The molecule has 2 aromatic heterocycles. The first-order valence-corrected chi connectivity index (χ1v) is 7.64. The van der Waals surface area contributed by atoms with Crippen LogP contribution >= 0.6 is 12.9 Å². The van der Waals surface area contributed by atoms with Crippen LogP contribution in [0.4, 0.5) is 0 Å². The summed E-state index contributed by atoms with van der Waals surface area (Å²) >= 11 is 2.53. The monoisotopic (exact) mass is 299 g/mol. The van der Waals surface area contributed by atoms with Gasteiger partial charge in [-0.25, -0.2) is 4.98 Å². The van der Waals surface area contributed by atoms with Gasteiger partial charge in [0, 0.05) is 11.7 Å². The Hall–Kier alpha value is -1.07. The molecule has 0 atom stereocenters. The van der Waals surface area contributed by atoms with Gasteiger partial charge in [-0.3, -0.25) is 4.98 Å². The van der Waals surface area contributed by atoms with Crippen molar-refractivity contribution in [2.75, 3.05) is 0 Å². The molecule has 2 heterocycles. The van der Waals surface area contributed by atoms with E-state index in [-0.39, 0.29) is 0 Å². The van der Waals surface area contributed by atoms with Gasteiger partial charge in [-0.2, -0.15) is 0 Å². The Morgan fingerprint density at radius 2 is 1.70 bits per heavy atom. The summed E-state index contributed by atoms with van der Waals surface area (Å²) in [5.41, 5.74) is 3.29. The van der Waals surface area contributed by atoms with Gasteiger partial charge >= 0.3 is 0 Å². The van der Waals surface area contributed by atoms with Crippen molar-refractivity contribution in [3.8, 4) is 0 Å². The minimum absolute atomic E-state index is 0.451. The largest absolute Gasteiger partial charge is 0.333 e. The molecule has 0 aromatic carbocycles. The van der Waals surface area contributed by atoms with Crippen LogP contribution in [0.5, 0.6) is 0 Å². The lowest BCUT2D eigenvalue weighted by Crippen LogP contribution is -1.98. The van der Waals surface area contributed by atoms with Crippen molar-refractivity contribution in [3.05, 3.63) is 24.3 Å². The van der Waals surface area contributed by atoms with Crippen molar-refractivity contribution in [3.63, 3.8) is 0 Å². The van der Waals surface area contributed by atoms with Crippen LogP contribution in [0.3, 0.4) is 0 Å².